The fraction of sp³-hybridized carbons (Fsp3) is 0.417. The van der Waals surface area contributed by atoms with Gasteiger partial charge in [0.2, 0.25) is 16.9 Å². The zero-order chi connectivity index (χ0) is 26.3. The molecule has 1 saturated carbocycles. The van der Waals surface area contributed by atoms with E-state index in [2.05, 4.69) is 35.8 Å². The third-order valence-electron chi connectivity index (χ3n) is 5.73. The predicted molar refractivity (Wildman–Crippen MR) is 130 cm³/mol. The fourth-order valence-corrected chi connectivity index (χ4v) is 4.43. The molecule has 0 atom stereocenters. The van der Waals surface area contributed by atoms with Crippen molar-refractivity contribution in [2.75, 3.05) is 10.6 Å². The van der Waals surface area contributed by atoms with E-state index in [1.165, 1.54) is 29.5 Å². The molecule has 13 heteroatoms. The second-order valence-corrected chi connectivity index (χ2v) is 9.72. The molecular weight excluding hydrogens is 509 g/mol. The normalized spacial score (nSPS) is 13.6. The van der Waals surface area contributed by atoms with Crippen LogP contribution in [0.25, 0.3) is 0 Å². The van der Waals surface area contributed by atoms with Crippen LogP contribution >= 0.6 is 11.3 Å². The highest BCUT2D eigenvalue weighted by Gasteiger charge is 2.31. The van der Waals surface area contributed by atoms with Crippen LogP contribution in [0.2, 0.25) is 0 Å². The standard InChI is InChI=1S/C24H25F3N6O3S/c25-24(26,27)36-18-9-3-5-15(13-18)14-20(34)28-19-12-11-17(30-31-19)8-1-2-10-21-32-33-23(37-21)29-22(35)16-6-4-7-16/h3,5,9,11-13,16H,1-2,4,6-8,10,14H2,(H,28,31,34)(H,29,33,35). The van der Waals surface area contributed by atoms with E-state index < -0.39 is 12.3 Å². The zero-order valence-corrected chi connectivity index (χ0v) is 20.6. The van der Waals surface area contributed by atoms with Crippen LogP contribution in [-0.4, -0.2) is 38.6 Å². The lowest BCUT2D eigenvalue weighted by Crippen LogP contribution is -2.27. The average molecular weight is 535 g/mol. The molecule has 0 saturated heterocycles. The molecule has 0 radical (unpaired) electrons. The Morgan fingerprint density at radius 2 is 1.81 bits per heavy atom. The number of aromatic nitrogens is 4. The minimum absolute atomic E-state index is 0.0249. The first-order chi connectivity index (χ1) is 17.7. The Morgan fingerprint density at radius 3 is 2.51 bits per heavy atom. The number of anilines is 2. The largest absolute Gasteiger partial charge is 0.573 e. The number of nitrogens with one attached hydrogen (secondary N) is 2. The van der Waals surface area contributed by atoms with Crippen LogP contribution in [0.3, 0.4) is 0 Å². The highest BCUT2D eigenvalue weighted by atomic mass is 32.1. The summed E-state index contributed by atoms with van der Waals surface area (Å²) >= 11 is 1.39. The summed E-state index contributed by atoms with van der Waals surface area (Å²) in [6, 6.07) is 8.64. The van der Waals surface area contributed by atoms with Crippen LogP contribution in [0.4, 0.5) is 24.1 Å². The molecule has 4 rings (SSSR count). The number of alkyl halides is 3. The van der Waals surface area contributed by atoms with E-state index in [4.69, 9.17) is 0 Å². The van der Waals surface area contributed by atoms with Crippen molar-refractivity contribution in [1.82, 2.24) is 20.4 Å². The lowest BCUT2D eigenvalue weighted by atomic mass is 9.85. The number of carbonyl (C=O) groups excluding carboxylic acids is 2. The Bertz CT molecular complexity index is 1210. The van der Waals surface area contributed by atoms with Crippen LogP contribution in [-0.2, 0) is 28.9 Å². The average Bonchev–Trinajstić information content (AvgIpc) is 3.22. The molecule has 2 heterocycles. The summed E-state index contributed by atoms with van der Waals surface area (Å²) < 4.78 is 41.0. The molecular formula is C24H25F3N6O3S. The molecule has 3 aromatic rings. The van der Waals surface area contributed by atoms with Gasteiger partial charge in [0, 0.05) is 12.3 Å². The summed E-state index contributed by atoms with van der Waals surface area (Å²) in [5, 5.41) is 23.1. The third-order valence-corrected chi connectivity index (χ3v) is 6.63. The van der Waals surface area contributed by atoms with Gasteiger partial charge in [0.05, 0.1) is 12.1 Å². The van der Waals surface area contributed by atoms with E-state index in [9.17, 15) is 22.8 Å². The summed E-state index contributed by atoms with van der Waals surface area (Å²) in [6.07, 6.45) is 1.18. The van der Waals surface area contributed by atoms with Crippen LogP contribution in [0.1, 0.15) is 48.4 Å². The smallest absolute Gasteiger partial charge is 0.406 e. The zero-order valence-electron chi connectivity index (χ0n) is 19.8. The maximum absolute atomic E-state index is 12.4. The first-order valence-corrected chi connectivity index (χ1v) is 12.7. The molecule has 2 aromatic heterocycles. The van der Waals surface area contributed by atoms with E-state index in [-0.39, 0.29) is 29.8 Å². The predicted octanol–water partition coefficient (Wildman–Crippen LogP) is 4.71. The molecule has 196 valence electrons. The van der Waals surface area contributed by atoms with Crippen LogP contribution in [0.5, 0.6) is 5.75 Å². The van der Waals surface area contributed by atoms with E-state index in [1.807, 2.05) is 0 Å². The number of carbonyl (C=O) groups is 2. The summed E-state index contributed by atoms with van der Waals surface area (Å²) in [6.45, 7) is 0. The number of amides is 2. The van der Waals surface area contributed by atoms with Gasteiger partial charge in [-0.15, -0.1) is 28.5 Å². The van der Waals surface area contributed by atoms with Crippen molar-refractivity contribution in [2.45, 2.75) is 57.7 Å². The monoisotopic (exact) mass is 534 g/mol. The van der Waals surface area contributed by atoms with Crippen LogP contribution < -0.4 is 15.4 Å². The SMILES string of the molecule is O=C(Cc1cccc(OC(F)(F)F)c1)Nc1ccc(CCCCc2nnc(NC(=O)C3CCC3)s2)nn1. The fourth-order valence-electron chi connectivity index (χ4n) is 3.65. The summed E-state index contributed by atoms with van der Waals surface area (Å²) in [7, 11) is 0. The molecule has 0 unspecified atom stereocenters. The number of halogens is 3. The van der Waals surface area contributed by atoms with E-state index >= 15 is 0 Å². The topological polar surface area (TPSA) is 119 Å². The van der Waals surface area contributed by atoms with Crippen molar-refractivity contribution in [1.29, 1.82) is 0 Å². The number of unbranched alkanes of at least 4 members (excludes halogenated alkanes) is 1. The van der Waals surface area contributed by atoms with Gasteiger partial charge in [0.25, 0.3) is 0 Å². The number of ether oxygens (including phenoxy) is 1. The second-order valence-electron chi connectivity index (χ2n) is 8.66. The van der Waals surface area contributed by atoms with Gasteiger partial charge in [0.15, 0.2) is 5.82 Å². The maximum atomic E-state index is 12.4. The minimum Gasteiger partial charge on any atom is -0.406 e. The van der Waals surface area contributed by atoms with Crippen molar-refractivity contribution in [3.8, 4) is 5.75 Å². The van der Waals surface area contributed by atoms with Gasteiger partial charge < -0.3 is 15.4 Å². The lowest BCUT2D eigenvalue weighted by Gasteiger charge is -2.23. The molecule has 0 spiro atoms. The van der Waals surface area contributed by atoms with Gasteiger partial charge in [-0.2, -0.15) is 5.10 Å². The number of aryl methyl sites for hydroxylation is 2. The molecule has 1 aromatic carbocycles. The van der Waals surface area contributed by atoms with Crippen LogP contribution in [0.15, 0.2) is 36.4 Å². The molecule has 1 aliphatic carbocycles. The number of rotatable bonds is 11. The van der Waals surface area contributed by atoms with E-state index in [0.29, 0.717) is 17.1 Å². The van der Waals surface area contributed by atoms with Gasteiger partial charge in [0.1, 0.15) is 10.8 Å². The van der Waals surface area contributed by atoms with E-state index in [1.54, 1.807) is 12.1 Å². The Labute approximate surface area is 214 Å². The summed E-state index contributed by atoms with van der Waals surface area (Å²) in [4.78, 5) is 24.2. The van der Waals surface area contributed by atoms with Crippen molar-refractivity contribution in [2.24, 2.45) is 5.92 Å². The quantitative estimate of drug-likeness (QED) is 0.342. The molecule has 37 heavy (non-hydrogen) atoms. The van der Waals surface area contributed by atoms with Crippen molar-refractivity contribution < 1.29 is 27.5 Å². The first kappa shape index (κ1) is 26.5. The lowest BCUT2D eigenvalue weighted by molar-refractivity contribution is -0.274. The number of hydrogen-bond donors (Lipinski definition) is 2. The molecule has 1 aliphatic rings. The van der Waals surface area contributed by atoms with Crippen molar-refractivity contribution >= 4 is 34.1 Å². The Morgan fingerprint density at radius 1 is 1.00 bits per heavy atom. The van der Waals surface area contributed by atoms with Crippen molar-refractivity contribution in [3.05, 3.63) is 52.7 Å². The number of benzene rings is 1. The molecule has 0 aliphatic heterocycles. The molecule has 2 amide bonds. The Hall–Kier alpha value is -3.61. The third kappa shape index (κ3) is 8.48. The molecule has 0 bridgehead atoms. The molecule has 2 N–H and O–H groups in total. The minimum atomic E-state index is -4.80. The Kier molecular flexibility index (Phi) is 8.64. The first-order valence-electron chi connectivity index (χ1n) is 11.8. The van der Waals surface area contributed by atoms with Gasteiger partial charge >= 0.3 is 6.36 Å². The summed E-state index contributed by atoms with van der Waals surface area (Å²) in [5.74, 6) is -0.443. The maximum Gasteiger partial charge on any atom is 0.573 e. The van der Waals surface area contributed by atoms with Gasteiger partial charge in [-0.3, -0.25) is 9.59 Å². The highest BCUT2D eigenvalue weighted by molar-refractivity contribution is 7.15. The molecule has 9 nitrogen and oxygen atoms in total. The van der Waals surface area contributed by atoms with Gasteiger partial charge in [-0.05, 0) is 61.9 Å². The van der Waals surface area contributed by atoms with Gasteiger partial charge in [-0.1, -0.05) is 29.9 Å². The molecule has 1 fully saturated rings. The van der Waals surface area contributed by atoms with Crippen LogP contribution in [0, 0.1) is 5.92 Å². The van der Waals surface area contributed by atoms with Gasteiger partial charge in [-0.25, -0.2) is 0 Å². The Balaban J connectivity index is 1.16. The second kappa shape index (κ2) is 12.1. The summed E-state index contributed by atoms with van der Waals surface area (Å²) in [5.41, 5.74) is 1.13. The van der Waals surface area contributed by atoms with E-state index in [0.717, 1.165) is 55.3 Å². The number of hydrogen-bond acceptors (Lipinski definition) is 8. The van der Waals surface area contributed by atoms with Crippen molar-refractivity contribution in [3.63, 3.8) is 0 Å². The number of nitrogens with zero attached hydrogens (tertiary/aromatic N) is 4. The highest BCUT2D eigenvalue weighted by Crippen LogP contribution is 2.28.